The molecule has 152 valence electrons. The van der Waals surface area contributed by atoms with Crippen LogP contribution in [0.1, 0.15) is 10.4 Å². The molecule has 0 radical (unpaired) electrons. The van der Waals surface area contributed by atoms with Crippen molar-refractivity contribution in [3.63, 3.8) is 0 Å². The van der Waals surface area contributed by atoms with Crippen LogP contribution in [0.15, 0.2) is 81.9 Å². The van der Waals surface area contributed by atoms with E-state index in [4.69, 9.17) is 9.15 Å². The Kier molecular flexibility index (Phi) is 4.88. The van der Waals surface area contributed by atoms with Crippen LogP contribution in [0.25, 0.3) is 33.3 Å². The third kappa shape index (κ3) is 3.53. The number of hydrogen-bond donors (Lipinski definition) is 1. The molecule has 0 saturated carbocycles. The van der Waals surface area contributed by atoms with E-state index in [1.807, 2.05) is 42.5 Å². The summed E-state index contributed by atoms with van der Waals surface area (Å²) >= 11 is 3.57. The number of carbonyl (C=O) groups is 1. The number of halogens is 1. The normalized spacial score (nSPS) is 11.0. The number of rotatable bonds is 4. The average molecular weight is 474 g/mol. The SMILES string of the molecule is COc1c(C(=O)Nc2ccc3oc(-c4ccncc4)nc3c2)cc2ccccc2c1Br. The third-order valence-electron chi connectivity index (χ3n) is 4.96. The zero-order valence-corrected chi connectivity index (χ0v) is 18.0. The second-order valence-electron chi connectivity index (χ2n) is 6.88. The second kappa shape index (κ2) is 7.85. The summed E-state index contributed by atoms with van der Waals surface area (Å²) in [5, 5.41) is 4.85. The molecule has 1 amide bonds. The number of benzene rings is 3. The van der Waals surface area contributed by atoms with E-state index in [2.05, 4.69) is 31.2 Å². The number of methoxy groups -OCH3 is 1. The molecule has 0 fully saturated rings. The minimum Gasteiger partial charge on any atom is -0.495 e. The number of pyridine rings is 1. The lowest BCUT2D eigenvalue weighted by molar-refractivity contribution is 0.102. The van der Waals surface area contributed by atoms with E-state index in [1.165, 1.54) is 0 Å². The topological polar surface area (TPSA) is 77.2 Å². The number of anilines is 1. The van der Waals surface area contributed by atoms with Gasteiger partial charge in [0.15, 0.2) is 5.58 Å². The summed E-state index contributed by atoms with van der Waals surface area (Å²) in [6, 6.07) is 18.6. The Morgan fingerprint density at radius 3 is 2.68 bits per heavy atom. The molecule has 5 aromatic rings. The van der Waals surface area contributed by atoms with Crippen molar-refractivity contribution >= 4 is 49.4 Å². The predicted molar refractivity (Wildman–Crippen MR) is 123 cm³/mol. The summed E-state index contributed by atoms with van der Waals surface area (Å²) in [7, 11) is 1.55. The van der Waals surface area contributed by atoms with E-state index in [0.717, 1.165) is 20.8 Å². The first-order chi connectivity index (χ1) is 15.1. The quantitative estimate of drug-likeness (QED) is 0.342. The molecule has 2 heterocycles. The fraction of sp³-hybridized carbons (Fsp3) is 0.0417. The van der Waals surface area contributed by atoms with Gasteiger partial charge in [0, 0.05) is 23.6 Å². The zero-order valence-electron chi connectivity index (χ0n) is 16.4. The van der Waals surface area contributed by atoms with E-state index in [0.29, 0.717) is 34.0 Å². The first-order valence-corrected chi connectivity index (χ1v) is 10.3. The lowest BCUT2D eigenvalue weighted by Gasteiger charge is -2.13. The van der Waals surface area contributed by atoms with E-state index >= 15 is 0 Å². The fourth-order valence-electron chi connectivity index (χ4n) is 3.47. The first-order valence-electron chi connectivity index (χ1n) is 9.51. The van der Waals surface area contributed by atoms with Crippen LogP contribution in [0, 0.1) is 0 Å². The highest BCUT2D eigenvalue weighted by molar-refractivity contribution is 9.10. The van der Waals surface area contributed by atoms with Gasteiger partial charge in [0.25, 0.3) is 5.91 Å². The zero-order chi connectivity index (χ0) is 21.4. The van der Waals surface area contributed by atoms with Gasteiger partial charge in [-0.3, -0.25) is 9.78 Å². The van der Waals surface area contributed by atoms with Crippen molar-refractivity contribution in [1.82, 2.24) is 9.97 Å². The third-order valence-corrected chi connectivity index (χ3v) is 5.75. The highest BCUT2D eigenvalue weighted by atomic mass is 79.9. The molecular weight excluding hydrogens is 458 g/mol. The second-order valence-corrected chi connectivity index (χ2v) is 7.68. The highest BCUT2D eigenvalue weighted by Crippen LogP contribution is 2.37. The van der Waals surface area contributed by atoms with Gasteiger partial charge in [0.1, 0.15) is 11.3 Å². The van der Waals surface area contributed by atoms with Crippen molar-refractivity contribution in [2.24, 2.45) is 0 Å². The molecular formula is C24H16BrN3O3. The number of oxazole rings is 1. The molecule has 1 N–H and O–H groups in total. The Morgan fingerprint density at radius 1 is 1.06 bits per heavy atom. The molecule has 7 heteroatoms. The van der Waals surface area contributed by atoms with E-state index < -0.39 is 0 Å². The molecule has 6 nitrogen and oxygen atoms in total. The van der Waals surface area contributed by atoms with Gasteiger partial charge in [-0.2, -0.15) is 0 Å². The van der Waals surface area contributed by atoms with E-state index in [9.17, 15) is 4.79 Å². The molecule has 0 unspecified atom stereocenters. The minimum absolute atomic E-state index is 0.277. The Labute approximate surface area is 186 Å². The van der Waals surface area contributed by atoms with Gasteiger partial charge in [0.2, 0.25) is 5.89 Å². The molecule has 3 aromatic carbocycles. The molecule has 0 aliphatic rings. The van der Waals surface area contributed by atoms with Gasteiger partial charge in [-0.05, 0) is 63.1 Å². The summed E-state index contributed by atoms with van der Waals surface area (Å²) in [5.41, 5.74) is 3.17. The summed E-state index contributed by atoms with van der Waals surface area (Å²) < 4.78 is 12.1. The van der Waals surface area contributed by atoms with Gasteiger partial charge in [0.05, 0.1) is 17.1 Å². The molecule has 0 spiro atoms. The number of fused-ring (bicyclic) bond motifs is 2. The van der Waals surface area contributed by atoms with Gasteiger partial charge < -0.3 is 14.5 Å². The number of nitrogens with zero attached hydrogens (tertiary/aromatic N) is 2. The van der Waals surface area contributed by atoms with Gasteiger partial charge in [-0.15, -0.1) is 0 Å². The maximum absolute atomic E-state index is 13.1. The largest absolute Gasteiger partial charge is 0.495 e. The van der Waals surface area contributed by atoms with Crippen LogP contribution in [0.3, 0.4) is 0 Å². The molecule has 0 aliphatic heterocycles. The summed E-state index contributed by atoms with van der Waals surface area (Å²) in [6.45, 7) is 0. The fourth-order valence-corrected chi connectivity index (χ4v) is 4.21. The number of hydrogen-bond acceptors (Lipinski definition) is 5. The van der Waals surface area contributed by atoms with Crippen LogP contribution in [0.2, 0.25) is 0 Å². The van der Waals surface area contributed by atoms with Crippen LogP contribution in [0.5, 0.6) is 5.75 Å². The predicted octanol–water partition coefficient (Wildman–Crippen LogP) is 6.07. The van der Waals surface area contributed by atoms with Crippen LogP contribution >= 0.6 is 15.9 Å². The maximum atomic E-state index is 13.1. The first kappa shape index (κ1) is 19.3. The number of amides is 1. The van der Waals surface area contributed by atoms with Crippen molar-refractivity contribution in [1.29, 1.82) is 0 Å². The molecule has 2 aromatic heterocycles. The van der Waals surface area contributed by atoms with Crippen LogP contribution < -0.4 is 10.1 Å². The van der Waals surface area contributed by atoms with Gasteiger partial charge >= 0.3 is 0 Å². The maximum Gasteiger partial charge on any atom is 0.259 e. The Bertz CT molecular complexity index is 1430. The number of aromatic nitrogens is 2. The van der Waals surface area contributed by atoms with Crippen LogP contribution in [0.4, 0.5) is 5.69 Å². The molecule has 0 aliphatic carbocycles. The number of nitrogens with one attached hydrogen (secondary N) is 1. The van der Waals surface area contributed by atoms with Crippen molar-refractivity contribution in [2.45, 2.75) is 0 Å². The summed E-state index contributed by atoms with van der Waals surface area (Å²) in [5.74, 6) is 0.709. The molecule has 0 atom stereocenters. The minimum atomic E-state index is -0.277. The Hall–Kier alpha value is -3.71. The highest BCUT2D eigenvalue weighted by Gasteiger charge is 2.19. The van der Waals surface area contributed by atoms with Crippen molar-refractivity contribution < 1.29 is 13.9 Å². The summed E-state index contributed by atoms with van der Waals surface area (Å²) in [4.78, 5) is 21.6. The molecule has 0 bridgehead atoms. The lowest BCUT2D eigenvalue weighted by Crippen LogP contribution is -2.13. The molecule has 5 rings (SSSR count). The smallest absolute Gasteiger partial charge is 0.259 e. The van der Waals surface area contributed by atoms with Gasteiger partial charge in [-0.1, -0.05) is 24.3 Å². The molecule has 31 heavy (non-hydrogen) atoms. The summed E-state index contributed by atoms with van der Waals surface area (Å²) in [6.07, 6.45) is 3.37. The van der Waals surface area contributed by atoms with E-state index in [1.54, 1.807) is 37.7 Å². The number of carbonyl (C=O) groups excluding carboxylic acids is 1. The number of ether oxygens (including phenoxy) is 1. The van der Waals surface area contributed by atoms with Crippen molar-refractivity contribution in [3.8, 4) is 17.2 Å². The van der Waals surface area contributed by atoms with Crippen molar-refractivity contribution in [3.05, 3.63) is 83.1 Å². The average Bonchev–Trinajstić information content (AvgIpc) is 3.23. The molecule has 0 saturated heterocycles. The Balaban J connectivity index is 1.49. The van der Waals surface area contributed by atoms with Crippen LogP contribution in [-0.2, 0) is 0 Å². The monoisotopic (exact) mass is 473 g/mol. The standard InChI is InChI=1S/C24H16BrN3O3/c1-30-22-18(12-15-4-2-3-5-17(15)21(22)25)23(29)27-16-6-7-20-19(13-16)28-24(31-20)14-8-10-26-11-9-14/h2-13H,1H3,(H,27,29). The van der Waals surface area contributed by atoms with E-state index in [-0.39, 0.29) is 5.91 Å². The Morgan fingerprint density at radius 2 is 1.87 bits per heavy atom. The van der Waals surface area contributed by atoms with Crippen molar-refractivity contribution in [2.75, 3.05) is 12.4 Å². The lowest BCUT2D eigenvalue weighted by atomic mass is 10.1. The van der Waals surface area contributed by atoms with Gasteiger partial charge in [-0.25, -0.2) is 4.98 Å². The van der Waals surface area contributed by atoms with Crippen LogP contribution in [-0.4, -0.2) is 23.0 Å².